The molecule has 164 valence electrons. The van der Waals surface area contributed by atoms with Crippen LogP contribution in [0, 0.1) is 0 Å². The normalized spacial score (nSPS) is 10.2. The Morgan fingerprint density at radius 2 is 1.16 bits per heavy atom. The van der Waals surface area contributed by atoms with Crippen molar-refractivity contribution in [2.75, 3.05) is 18.6 Å². The van der Waals surface area contributed by atoms with E-state index < -0.39 is 0 Å². The molecule has 0 aliphatic carbocycles. The Morgan fingerprint density at radius 1 is 0.656 bits per heavy atom. The molecule has 0 spiro atoms. The van der Waals surface area contributed by atoms with Crippen LogP contribution < -0.4 is 42.9 Å². The highest BCUT2D eigenvalue weighted by atomic mass is 127. The molecule has 1 heterocycles. The van der Waals surface area contributed by atoms with Gasteiger partial charge in [0.2, 0.25) is 0 Å². The number of pyridine rings is 1. The predicted molar refractivity (Wildman–Crippen MR) is 124 cm³/mol. The van der Waals surface area contributed by atoms with Crippen molar-refractivity contribution in [2.24, 2.45) is 0 Å². The summed E-state index contributed by atoms with van der Waals surface area (Å²) >= 11 is 0. The standard InChI is InChI=1S/C27H27N2O2.HI/c1-30-25-13-15-26(16-14-25)31-27-17-21-28(22-18-27)19-8-20-29(23-9-4-2-5-10-23)24-11-6-3-7-12-24;/h2-7,9-18,21-22H,8,19-20H2,1H3;1H/q+1;/p-1. The monoisotopic (exact) mass is 538 g/mol. The number of hydrogen-bond donors (Lipinski definition) is 0. The number of aryl methyl sites for hydroxylation is 1. The molecule has 0 bridgehead atoms. The summed E-state index contributed by atoms with van der Waals surface area (Å²) in [5.41, 5.74) is 2.42. The van der Waals surface area contributed by atoms with Gasteiger partial charge >= 0.3 is 0 Å². The van der Waals surface area contributed by atoms with Crippen LogP contribution in [-0.4, -0.2) is 13.7 Å². The quantitative estimate of drug-likeness (QED) is 0.242. The minimum Gasteiger partial charge on any atom is -1.00 e. The highest BCUT2D eigenvalue weighted by Crippen LogP contribution is 2.25. The van der Waals surface area contributed by atoms with Gasteiger partial charge in [0.15, 0.2) is 12.4 Å². The summed E-state index contributed by atoms with van der Waals surface area (Å²) in [5, 5.41) is 0. The van der Waals surface area contributed by atoms with Gasteiger partial charge in [0, 0.05) is 36.5 Å². The van der Waals surface area contributed by atoms with E-state index in [2.05, 4.69) is 82.5 Å². The molecule has 5 heteroatoms. The van der Waals surface area contributed by atoms with E-state index >= 15 is 0 Å². The number of ether oxygens (including phenoxy) is 2. The van der Waals surface area contributed by atoms with Gasteiger partial charge in [-0.25, -0.2) is 4.57 Å². The molecule has 0 radical (unpaired) electrons. The maximum absolute atomic E-state index is 5.91. The fraction of sp³-hybridized carbons (Fsp3) is 0.148. The summed E-state index contributed by atoms with van der Waals surface area (Å²) in [6.07, 6.45) is 5.15. The fourth-order valence-electron chi connectivity index (χ4n) is 3.48. The molecule has 4 rings (SSSR count). The minimum absolute atomic E-state index is 0. The van der Waals surface area contributed by atoms with Crippen molar-refractivity contribution >= 4 is 11.4 Å². The zero-order chi connectivity index (χ0) is 21.3. The first-order valence-corrected chi connectivity index (χ1v) is 10.5. The molecule has 0 saturated heterocycles. The van der Waals surface area contributed by atoms with E-state index in [4.69, 9.17) is 9.47 Å². The lowest BCUT2D eigenvalue weighted by Gasteiger charge is -2.24. The molecule has 0 fully saturated rings. The molecule has 0 N–H and O–H groups in total. The molecule has 4 aromatic rings. The van der Waals surface area contributed by atoms with Gasteiger partial charge in [-0.1, -0.05) is 36.4 Å². The zero-order valence-electron chi connectivity index (χ0n) is 18.1. The topological polar surface area (TPSA) is 25.6 Å². The second kappa shape index (κ2) is 12.1. The number of methoxy groups -OCH3 is 1. The van der Waals surface area contributed by atoms with Gasteiger partial charge in [0.25, 0.3) is 0 Å². The van der Waals surface area contributed by atoms with Gasteiger partial charge in [-0.05, 0) is 48.5 Å². The lowest BCUT2D eigenvalue weighted by atomic mass is 10.2. The van der Waals surface area contributed by atoms with Crippen molar-refractivity contribution in [1.82, 2.24) is 0 Å². The Morgan fingerprint density at radius 3 is 1.69 bits per heavy atom. The van der Waals surface area contributed by atoms with Gasteiger partial charge in [-0.3, -0.25) is 0 Å². The number of benzene rings is 3. The number of hydrogen-bond acceptors (Lipinski definition) is 3. The SMILES string of the molecule is COc1ccc(Oc2cc[n+](CCCN(c3ccccc3)c3ccccc3)cc2)cc1.[I-]. The fourth-order valence-corrected chi connectivity index (χ4v) is 3.48. The number of nitrogens with zero attached hydrogens (tertiary/aromatic N) is 2. The number of para-hydroxylation sites is 2. The van der Waals surface area contributed by atoms with Crippen LogP contribution in [0.3, 0.4) is 0 Å². The Hall–Kier alpha value is -3.06. The Kier molecular flexibility index (Phi) is 8.92. The number of aromatic nitrogens is 1. The molecule has 0 saturated carbocycles. The Labute approximate surface area is 207 Å². The van der Waals surface area contributed by atoms with Crippen molar-refractivity contribution in [3.63, 3.8) is 0 Å². The zero-order valence-corrected chi connectivity index (χ0v) is 20.3. The van der Waals surface area contributed by atoms with Gasteiger partial charge in [0.05, 0.1) is 7.11 Å². The summed E-state index contributed by atoms with van der Waals surface area (Å²) in [5.74, 6) is 2.43. The van der Waals surface area contributed by atoms with Crippen LogP contribution in [0.15, 0.2) is 109 Å². The molecule has 1 aromatic heterocycles. The highest BCUT2D eigenvalue weighted by Gasteiger charge is 2.10. The van der Waals surface area contributed by atoms with Crippen LogP contribution in [0.2, 0.25) is 0 Å². The van der Waals surface area contributed by atoms with Crippen LogP contribution in [0.25, 0.3) is 0 Å². The van der Waals surface area contributed by atoms with Crippen LogP contribution in [0.1, 0.15) is 6.42 Å². The molecule has 4 nitrogen and oxygen atoms in total. The molecular formula is C27H27IN2O2. The first-order valence-electron chi connectivity index (χ1n) is 10.5. The Balaban J connectivity index is 0.00000289. The van der Waals surface area contributed by atoms with Crippen LogP contribution in [-0.2, 0) is 6.54 Å². The van der Waals surface area contributed by atoms with Gasteiger partial charge < -0.3 is 38.4 Å². The lowest BCUT2D eigenvalue weighted by Crippen LogP contribution is -3.00. The van der Waals surface area contributed by atoms with E-state index in [9.17, 15) is 0 Å². The summed E-state index contributed by atoms with van der Waals surface area (Å²) in [4.78, 5) is 2.36. The van der Waals surface area contributed by atoms with Crippen LogP contribution >= 0.6 is 0 Å². The predicted octanol–water partition coefficient (Wildman–Crippen LogP) is 3.01. The first-order chi connectivity index (χ1) is 15.3. The van der Waals surface area contributed by atoms with E-state index in [0.29, 0.717) is 0 Å². The minimum atomic E-state index is 0. The van der Waals surface area contributed by atoms with Crippen molar-refractivity contribution in [3.8, 4) is 17.2 Å². The molecule has 0 atom stereocenters. The van der Waals surface area contributed by atoms with Crippen molar-refractivity contribution in [3.05, 3.63) is 109 Å². The number of anilines is 2. The van der Waals surface area contributed by atoms with E-state index in [0.717, 1.165) is 36.8 Å². The second-order valence-electron chi connectivity index (χ2n) is 7.23. The number of rotatable bonds is 9. The first kappa shape index (κ1) is 23.6. The summed E-state index contributed by atoms with van der Waals surface area (Å²) < 4.78 is 13.3. The summed E-state index contributed by atoms with van der Waals surface area (Å²) in [7, 11) is 1.66. The molecule has 0 unspecified atom stereocenters. The third-order valence-electron chi connectivity index (χ3n) is 5.09. The molecule has 0 amide bonds. The molecule has 3 aromatic carbocycles. The van der Waals surface area contributed by atoms with E-state index in [1.807, 2.05) is 36.4 Å². The third-order valence-corrected chi connectivity index (χ3v) is 5.09. The molecule has 0 aliphatic rings. The van der Waals surface area contributed by atoms with Crippen LogP contribution in [0.4, 0.5) is 11.4 Å². The maximum atomic E-state index is 5.91. The van der Waals surface area contributed by atoms with E-state index in [-0.39, 0.29) is 24.0 Å². The maximum Gasteiger partial charge on any atom is 0.172 e. The molecule has 0 aliphatic heterocycles. The summed E-state index contributed by atoms with van der Waals surface area (Å²) in [6, 6.07) is 32.7. The van der Waals surface area contributed by atoms with Gasteiger partial charge in [-0.2, -0.15) is 0 Å². The largest absolute Gasteiger partial charge is 1.00 e. The highest BCUT2D eigenvalue weighted by molar-refractivity contribution is 5.62. The summed E-state index contributed by atoms with van der Waals surface area (Å²) in [6.45, 7) is 1.87. The smallest absolute Gasteiger partial charge is 0.172 e. The number of halogens is 1. The average molecular weight is 538 g/mol. The van der Waals surface area contributed by atoms with Crippen LogP contribution in [0.5, 0.6) is 17.2 Å². The Bertz CT molecular complexity index is 1020. The van der Waals surface area contributed by atoms with E-state index in [1.165, 1.54) is 11.4 Å². The second-order valence-corrected chi connectivity index (χ2v) is 7.23. The average Bonchev–Trinajstić information content (AvgIpc) is 2.84. The van der Waals surface area contributed by atoms with Crippen molar-refractivity contribution in [1.29, 1.82) is 0 Å². The lowest BCUT2D eigenvalue weighted by molar-refractivity contribution is -0.697. The molecular weight excluding hydrogens is 511 g/mol. The van der Waals surface area contributed by atoms with Gasteiger partial charge in [0.1, 0.15) is 23.8 Å². The van der Waals surface area contributed by atoms with Crippen molar-refractivity contribution < 1.29 is 38.0 Å². The third kappa shape index (κ3) is 6.47. The van der Waals surface area contributed by atoms with Gasteiger partial charge in [-0.15, -0.1) is 0 Å². The molecule has 32 heavy (non-hydrogen) atoms. The van der Waals surface area contributed by atoms with E-state index in [1.54, 1.807) is 7.11 Å². The van der Waals surface area contributed by atoms with Crippen molar-refractivity contribution in [2.45, 2.75) is 13.0 Å².